The van der Waals surface area contributed by atoms with E-state index in [-0.39, 0.29) is 23.6 Å². The first-order chi connectivity index (χ1) is 15.0. The van der Waals surface area contributed by atoms with Gasteiger partial charge in [-0.25, -0.2) is 18.6 Å². The number of pyridine rings is 1. The van der Waals surface area contributed by atoms with Crippen LogP contribution in [0.3, 0.4) is 0 Å². The third kappa shape index (κ3) is 6.30. The summed E-state index contributed by atoms with van der Waals surface area (Å²) in [5.74, 6) is -2.11. The molecule has 0 fully saturated rings. The van der Waals surface area contributed by atoms with Crippen LogP contribution < -0.4 is 9.21 Å². The van der Waals surface area contributed by atoms with E-state index < -0.39 is 46.7 Å². The Labute approximate surface area is 187 Å². The van der Waals surface area contributed by atoms with E-state index in [0.717, 1.165) is 21.3 Å². The Morgan fingerprint density at radius 3 is 2.44 bits per heavy atom. The Morgan fingerprint density at radius 1 is 1.25 bits per heavy atom. The number of hydrogen-bond acceptors (Lipinski definition) is 6. The van der Waals surface area contributed by atoms with E-state index in [1.54, 1.807) is 27.7 Å². The summed E-state index contributed by atoms with van der Waals surface area (Å²) in [7, 11) is 0. The number of benzene rings is 1. The molecule has 0 aliphatic rings. The van der Waals surface area contributed by atoms with Gasteiger partial charge in [0.25, 0.3) is 0 Å². The van der Waals surface area contributed by atoms with E-state index in [2.05, 4.69) is 4.98 Å². The van der Waals surface area contributed by atoms with E-state index in [1.807, 2.05) is 0 Å². The number of halogens is 2. The first-order valence-corrected chi connectivity index (χ1v) is 10.8. The molecular weight excluding hydrogens is 444 g/mol. The third-order valence-corrected chi connectivity index (χ3v) is 4.89. The topological polar surface area (TPSA) is 103 Å². The first-order valence-electron chi connectivity index (χ1n) is 9.74. The van der Waals surface area contributed by atoms with Gasteiger partial charge in [0.1, 0.15) is 17.2 Å². The van der Waals surface area contributed by atoms with Crippen LogP contribution in [0.5, 0.6) is 0 Å². The fourth-order valence-electron chi connectivity index (χ4n) is 2.74. The highest BCUT2D eigenvalue weighted by molar-refractivity contribution is 7.80. The van der Waals surface area contributed by atoms with Crippen LogP contribution in [0, 0.1) is 11.6 Å². The average Bonchev–Trinajstić information content (AvgIpc) is 2.71. The number of aldehydes is 1. The van der Waals surface area contributed by atoms with Crippen molar-refractivity contribution in [2.75, 3.05) is 15.7 Å². The number of ether oxygens (including phenoxy) is 1. The Morgan fingerprint density at radius 2 is 1.94 bits per heavy atom. The number of carbonyl (C=O) groups is 2. The van der Waals surface area contributed by atoms with Crippen molar-refractivity contribution < 1.29 is 31.9 Å². The minimum Gasteiger partial charge on any atom is -0.755 e. The minimum atomic E-state index is -2.78. The number of hydrogen-bond donors (Lipinski definition) is 0. The third-order valence-electron chi connectivity index (χ3n) is 4.15. The largest absolute Gasteiger partial charge is 0.755 e. The molecule has 0 aliphatic carbocycles. The highest BCUT2D eigenvalue weighted by Crippen LogP contribution is 2.28. The number of rotatable bonds is 8. The molecule has 0 saturated carbocycles. The Bertz CT molecular complexity index is 996. The first kappa shape index (κ1) is 25.3. The van der Waals surface area contributed by atoms with Crippen molar-refractivity contribution in [3.8, 4) is 0 Å². The van der Waals surface area contributed by atoms with E-state index in [9.17, 15) is 22.7 Å². The molecular formula is C21H24F2N3O5S-. The predicted octanol–water partition coefficient (Wildman–Crippen LogP) is 4.12. The second-order valence-electron chi connectivity index (χ2n) is 7.81. The summed E-state index contributed by atoms with van der Waals surface area (Å²) in [5.41, 5.74) is -1.55. The molecule has 1 aromatic heterocycles. The molecule has 1 heterocycles. The van der Waals surface area contributed by atoms with Crippen LogP contribution in [0.4, 0.5) is 25.1 Å². The number of aromatic nitrogens is 1. The average molecular weight is 469 g/mol. The summed E-state index contributed by atoms with van der Waals surface area (Å²) in [6.07, 6.45) is 1.23. The molecule has 1 unspecified atom stereocenters. The van der Waals surface area contributed by atoms with Crippen molar-refractivity contribution in [2.45, 2.75) is 46.3 Å². The molecule has 1 atom stereocenters. The number of carbonyl (C=O) groups excluding carboxylic acids is 2. The summed E-state index contributed by atoms with van der Waals surface area (Å²) in [4.78, 5) is 28.6. The molecule has 0 bridgehead atoms. The van der Waals surface area contributed by atoms with Gasteiger partial charge in [-0.3, -0.25) is 18.2 Å². The monoisotopic (exact) mass is 468 g/mol. The molecule has 0 saturated heterocycles. The molecule has 174 valence electrons. The van der Waals surface area contributed by atoms with Crippen molar-refractivity contribution >= 4 is 35.2 Å². The zero-order valence-corrected chi connectivity index (χ0v) is 18.9. The summed E-state index contributed by atoms with van der Waals surface area (Å²) >= 11 is -2.78. The molecule has 1 amide bonds. The van der Waals surface area contributed by atoms with Gasteiger partial charge in [0.2, 0.25) is 0 Å². The summed E-state index contributed by atoms with van der Waals surface area (Å²) in [6.45, 7) is 5.95. The molecule has 0 radical (unpaired) electrons. The molecule has 2 rings (SSSR count). The van der Waals surface area contributed by atoms with Crippen molar-refractivity contribution in [2.24, 2.45) is 0 Å². The molecule has 0 spiro atoms. The smallest absolute Gasteiger partial charge is 0.416 e. The number of nitrogens with zero attached hydrogens (tertiary/aromatic N) is 3. The molecule has 2 aromatic rings. The zero-order chi connectivity index (χ0) is 24.1. The summed E-state index contributed by atoms with van der Waals surface area (Å²) in [5, 5.41) is 0. The van der Waals surface area contributed by atoms with Gasteiger partial charge in [0.05, 0.1) is 12.2 Å². The van der Waals surface area contributed by atoms with Crippen molar-refractivity contribution in [3.05, 3.63) is 53.2 Å². The fraction of sp³-hybridized carbons (Fsp3) is 0.381. The van der Waals surface area contributed by atoms with Crippen molar-refractivity contribution in [1.82, 2.24) is 4.98 Å². The lowest BCUT2D eigenvalue weighted by Crippen LogP contribution is -2.37. The maximum atomic E-state index is 15.3. The van der Waals surface area contributed by atoms with Crippen molar-refractivity contribution in [1.29, 1.82) is 0 Å². The lowest BCUT2D eigenvalue weighted by atomic mass is 10.1. The standard InChI is InChI=1S/C21H25F2N3O5S/c1-5-10-26(32(29)30)17-8-7-16(22)15(19(17)23)12-25(20(28)31-21(2,3)4)18-9-6-14(13-27)11-24-18/h6-9,11,13H,5,10,12H2,1-4H3,(H,29,30)/p-1. The van der Waals surface area contributed by atoms with Crippen LogP contribution in [0.15, 0.2) is 30.5 Å². The second kappa shape index (κ2) is 10.6. The minimum absolute atomic E-state index is 0.00753. The molecule has 0 aliphatic heterocycles. The molecule has 8 nitrogen and oxygen atoms in total. The predicted molar refractivity (Wildman–Crippen MR) is 115 cm³/mol. The number of amides is 1. The molecule has 11 heteroatoms. The maximum Gasteiger partial charge on any atom is 0.416 e. The van der Waals surface area contributed by atoms with Crippen LogP contribution in [-0.2, 0) is 22.5 Å². The van der Waals surface area contributed by atoms with Crippen LogP contribution in [-0.4, -0.2) is 38.3 Å². The van der Waals surface area contributed by atoms with Crippen LogP contribution in [0.25, 0.3) is 0 Å². The quantitative estimate of drug-likeness (QED) is 0.426. The fourth-order valence-corrected chi connectivity index (χ4v) is 3.38. The van der Waals surface area contributed by atoms with E-state index >= 15 is 4.39 Å². The van der Waals surface area contributed by atoms with Gasteiger partial charge in [-0.05, 0) is 51.5 Å². The van der Waals surface area contributed by atoms with E-state index in [4.69, 9.17) is 4.74 Å². The highest BCUT2D eigenvalue weighted by Gasteiger charge is 2.28. The summed E-state index contributed by atoms with van der Waals surface area (Å²) in [6, 6.07) is 4.68. The molecule has 0 N–H and O–H groups in total. The van der Waals surface area contributed by atoms with Crippen LogP contribution in [0.1, 0.15) is 50.0 Å². The van der Waals surface area contributed by atoms with E-state index in [1.165, 1.54) is 18.3 Å². The van der Waals surface area contributed by atoms with Crippen LogP contribution >= 0.6 is 0 Å². The molecule has 1 aromatic carbocycles. The lowest BCUT2D eigenvalue weighted by molar-refractivity contribution is 0.0575. The maximum absolute atomic E-state index is 15.3. The highest BCUT2D eigenvalue weighted by atomic mass is 32.2. The normalized spacial score (nSPS) is 12.2. The second-order valence-corrected chi connectivity index (χ2v) is 8.69. The van der Waals surface area contributed by atoms with Crippen molar-refractivity contribution in [3.63, 3.8) is 0 Å². The lowest BCUT2D eigenvalue weighted by Gasteiger charge is -2.29. The summed E-state index contributed by atoms with van der Waals surface area (Å²) < 4.78 is 59.1. The Hall–Kier alpha value is -2.92. The van der Waals surface area contributed by atoms with E-state index in [0.29, 0.717) is 12.7 Å². The van der Waals surface area contributed by atoms with Gasteiger partial charge in [-0.15, -0.1) is 0 Å². The zero-order valence-electron chi connectivity index (χ0n) is 18.1. The van der Waals surface area contributed by atoms with Gasteiger partial charge in [0, 0.05) is 35.1 Å². The Balaban J connectivity index is 2.54. The van der Waals surface area contributed by atoms with Gasteiger partial charge < -0.3 is 9.29 Å². The Kier molecular flexibility index (Phi) is 8.39. The molecule has 32 heavy (non-hydrogen) atoms. The van der Waals surface area contributed by atoms with Gasteiger partial charge in [-0.2, -0.15) is 0 Å². The van der Waals surface area contributed by atoms with Gasteiger partial charge >= 0.3 is 6.09 Å². The van der Waals surface area contributed by atoms with Crippen LogP contribution in [0.2, 0.25) is 0 Å². The number of anilines is 2. The SMILES string of the molecule is CCCN(c1ccc(F)c(CN(C(=O)OC(C)(C)C)c2ccc(C=O)cn2)c1F)S(=O)[O-]. The van der Waals surface area contributed by atoms with Gasteiger partial charge in [-0.1, -0.05) is 6.92 Å². The van der Waals surface area contributed by atoms with Gasteiger partial charge in [0.15, 0.2) is 12.1 Å².